The van der Waals surface area contributed by atoms with Crippen molar-refractivity contribution in [3.63, 3.8) is 0 Å². The molecule has 0 unspecified atom stereocenters. The molecule has 0 aliphatic carbocycles. The molecule has 0 N–H and O–H groups in total. The molecule has 11 heavy (non-hydrogen) atoms. The van der Waals surface area contributed by atoms with E-state index in [1.54, 1.807) is 0 Å². The summed E-state index contributed by atoms with van der Waals surface area (Å²) in [6.45, 7) is 11.0. The average Bonchev–Trinajstić information content (AvgIpc) is 2.07. The first-order valence-electron chi connectivity index (χ1n) is 3.75. The van der Waals surface area contributed by atoms with Crippen molar-refractivity contribution in [2.75, 3.05) is 0 Å². The van der Waals surface area contributed by atoms with Gasteiger partial charge in [0.15, 0.2) is 0 Å². The zero-order chi connectivity index (χ0) is 7.89. The molecule has 0 aliphatic rings. The predicted octanol–water partition coefficient (Wildman–Crippen LogP) is 2.95. The van der Waals surface area contributed by atoms with Crippen LogP contribution in [0.15, 0.2) is 0 Å². The fourth-order valence-corrected chi connectivity index (χ4v) is 1.41. The van der Waals surface area contributed by atoms with Gasteiger partial charge in [0.25, 0.3) is 0 Å². The van der Waals surface area contributed by atoms with Crippen molar-refractivity contribution in [1.29, 1.82) is 0 Å². The third kappa shape index (κ3) is 1.54. The normalized spacial score (nSPS) is 9.55. The molecule has 0 aromatic heterocycles. The van der Waals surface area contributed by atoms with Gasteiger partial charge in [-0.05, 0) is 0 Å². The van der Waals surface area contributed by atoms with Crippen molar-refractivity contribution in [3.05, 3.63) is 27.8 Å². The topological polar surface area (TPSA) is 0 Å². The summed E-state index contributed by atoms with van der Waals surface area (Å²) in [7, 11) is 0. The second-order valence-corrected chi connectivity index (χ2v) is 3.12. The number of hydrogen-bond acceptors (Lipinski definition) is 0. The number of hydrogen-bond donors (Lipinski definition) is 0. The van der Waals surface area contributed by atoms with E-state index in [0.29, 0.717) is 0 Å². The van der Waals surface area contributed by atoms with Crippen molar-refractivity contribution >= 4 is 0 Å². The Balaban J connectivity index is 0.000001000. The van der Waals surface area contributed by atoms with Gasteiger partial charge in [-0.1, -0.05) is 34.6 Å². The van der Waals surface area contributed by atoms with E-state index in [1.165, 1.54) is 27.8 Å². The molecule has 1 rings (SSSR count). The Labute approximate surface area is 79.3 Å². The summed E-state index contributed by atoms with van der Waals surface area (Å²) >= 11 is 0. The Kier molecular flexibility index (Phi) is 3.44. The van der Waals surface area contributed by atoms with E-state index in [2.05, 4.69) is 34.6 Å². The van der Waals surface area contributed by atoms with Crippen LogP contribution in [0.2, 0.25) is 0 Å². The molecule has 0 spiro atoms. The molecule has 0 fully saturated rings. The van der Waals surface area contributed by atoms with E-state index < -0.39 is 0 Å². The second-order valence-electron chi connectivity index (χ2n) is 3.12. The Morgan fingerprint density at radius 1 is 0.818 bits per heavy atom. The SMILES string of the molecule is Cc1c(C)c(C)[c-](C)c1C.[Ni+2]. The molecule has 0 aliphatic heterocycles. The Morgan fingerprint density at radius 3 is 1.18 bits per heavy atom. The third-order valence-corrected chi connectivity index (χ3v) is 2.81. The molecule has 0 heterocycles. The van der Waals surface area contributed by atoms with Crippen LogP contribution in [0.4, 0.5) is 0 Å². The third-order valence-electron chi connectivity index (χ3n) is 2.81. The summed E-state index contributed by atoms with van der Waals surface area (Å²) in [5.74, 6) is 0. The van der Waals surface area contributed by atoms with Gasteiger partial charge in [0.05, 0.1) is 0 Å². The quantitative estimate of drug-likeness (QED) is 0.439. The molecule has 1 aromatic carbocycles. The first-order valence-corrected chi connectivity index (χ1v) is 3.75. The van der Waals surface area contributed by atoms with Gasteiger partial charge in [0, 0.05) is 0 Å². The first kappa shape index (κ1) is 10.8. The standard InChI is InChI=1S/C10H15.Ni/c1-6-7(2)9(4)10(5)8(6)3;/h1-5H3;/q-1;+2. The van der Waals surface area contributed by atoms with Gasteiger partial charge < -0.3 is 0 Å². The molecule has 1 heteroatoms. The Morgan fingerprint density at radius 2 is 1.09 bits per heavy atom. The maximum atomic E-state index is 2.20. The molecule has 0 atom stereocenters. The van der Waals surface area contributed by atoms with Crippen LogP contribution in [0.5, 0.6) is 0 Å². The monoisotopic (exact) mass is 193 g/mol. The molecular weight excluding hydrogens is 179 g/mol. The van der Waals surface area contributed by atoms with Crippen LogP contribution in [0.1, 0.15) is 27.8 Å². The molecule has 0 saturated carbocycles. The van der Waals surface area contributed by atoms with Crippen molar-refractivity contribution in [2.45, 2.75) is 34.6 Å². The van der Waals surface area contributed by atoms with Gasteiger partial charge in [0.1, 0.15) is 0 Å². The Hall–Kier alpha value is -0.156. The summed E-state index contributed by atoms with van der Waals surface area (Å²) in [6.07, 6.45) is 0. The summed E-state index contributed by atoms with van der Waals surface area (Å²) in [5.41, 5.74) is 7.34. The van der Waals surface area contributed by atoms with Gasteiger partial charge in [0.2, 0.25) is 0 Å². The summed E-state index contributed by atoms with van der Waals surface area (Å²) in [6, 6.07) is 0. The molecule has 0 saturated heterocycles. The van der Waals surface area contributed by atoms with Crippen LogP contribution in [-0.4, -0.2) is 0 Å². The number of rotatable bonds is 0. The van der Waals surface area contributed by atoms with Gasteiger partial charge >= 0.3 is 16.5 Å². The van der Waals surface area contributed by atoms with Crippen molar-refractivity contribution in [3.8, 4) is 0 Å². The van der Waals surface area contributed by atoms with E-state index in [9.17, 15) is 0 Å². The van der Waals surface area contributed by atoms with Crippen molar-refractivity contribution in [1.82, 2.24) is 0 Å². The minimum absolute atomic E-state index is 0. The molecule has 1 aromatic rings. The van der Waals surface area contributed by atoms with E-state index in [-0.39, 0.29) is 16.5 Å². The maximum absolute atomic E-state index is 2.20. The van der Waals surface area contributed by atoms with Crippen LogP contribution < -0.4 is 0 Å². The summed E-state index contributed by atoms with van der Waals surface area (Å²) in [4.78, 5) is 0. The molecule has 0 radical (unpaired) electrons. The maximum Gasteiger partial charge on any atom is 2.00 e. The van der Waals surface area contributed by atoms with E-state index in [4.69, 9.17) is 0 Å². The predicted molar refractivity (Wildman–Crippen MR) is 45.7 cm³/mol. The Bertz CT molecular complexity index is 176. The summed E-state index contributed by atoms with van der Waals surface area (Å²) < 4.78 is 0. The average molecular weight is 194 g/mol. The zero-order valence-electron chi connectivity index (χ0n) is 7.82. The van der Waals surface area contributed by atoms with Crippen LogP contribution in [0.25, 0.3) is 0 Å². The van der Waals surface area contributed by atoms with Gasteiger partial charge in [-0.15, -0.1) is 0 Å². The molecular formula is C10H15Ni+. The molecule has 0 nitrogen and oxygen atoms in total. The summed E-state index contributed by atoms with van der Waals surface area (Å²) in [5, 5.41) is 0. The van der Waals surface area contributed by atoms with Gasteiger partial charge in [-0.25, -0.2) is 0 Å². The fraction of sp³-hybridized carbons (Fsp3) is 0.500. The van der Waals surface area contributed by atoms with Crippen LogP contribution in [0.3, 0.4) is 0 Å². The molecule has 0 bridgehead atoms. The van der Waals surface area contributed by atoms with Crippen LogP contribution >= 0.6 is 0 Å². The molecule has 0 amide bonds. The van der Waals surface area contributed by atoms with E-state index in [0.717, 1.165) is 0 Å². The zero-order valence-corrected chi connectivity index (χ0v) is 8.80. The van der Waals surface area contributed by atoms with Crippen LogP contribution in [-0.2, 0) is 16.5 Å². The minimum atomic E-state index is 0. The first-order chi connectivity index (χ1) is 4.55. The van der Waals surface area contributed by atoms with Gasteiger partial charge in [-0.3, -0.25) is 0 Å². The van der Waals surface area contributed by atoms with Gasteiger partial charge in [-0.2, -0.15) is 27.8 Å². The van der Waals surface area contributed by atoms with E-state index in [1.807, 2.05) is 0 Å². The largest absolute Gasteiger partial charge is 2.00 e. The fourth-order valence-electron chi connectivity index (χ4n) is 1.41. The smallest absolute Gasteiger partial charge is 0.196 e. The van der Waals surface area contributed by atoms with E-state index >= 15 is 0 Å². The molecule has 64 valence electrons. The van der Waals surface area contributed by atoms with Crippen molar-refractivity contribution in [2.24, 2.45) is 0 Å². The second kappa shape index (κ2) is 3.49. The van der Waals surface area contributed by atoms with Crippen LogP contribution in [0, 0.1) is 34.6 Å². The van der Waals surface area contributed by atoms with Crippen molar-refractivity contribution < 1.29 is 16.5 Å². The minimum Gasteiger partial charge on any atom is -0.196 e.